The van der Waals surface area contributed by atoms with Gasteiger partial charge in [0.05, 0.1) is 6.54 Å². The first-order chi connectivity index (χ1) is 13.0. The highest BCUT2D eigenvalue weighted by Gasteiger charge is 2.28. The molecule has 3 rings (SSSR count). The molecule has 1 N–H and O–H groups in total. The first-order valence-corrected chi connectivity index (χ1v) is 9.53. The van der Waals surface area contributed by atoms with Crippen molar-refractivity contribution >= 4 is 11.7 Å². The highest BCUT2D eigenvalue weighted by molar-refractivity contribution is 5.94. The van der Waals surface area contributed by atoms with Crippen LogP contribution in [-0.2, 0) is 13.1 Å². The molecular formula is C19H29N7O. The summed E-state index contributed by atoms with van der Waals surface area (Å²) in [5.41, 5.74) is 0.679. The van der Waals surface area contributed by atoms with Crippen molar-refractivity contribution in [1.29, 1.82) is 0 Å². The fourth-order valence-corrected chi connectivity index (χ4v) is 3.62. The molecule has 0 aromatic carbocycles. The van der Waals surface area contributed by atoms with E-state index in [1.54, 1.807) is 25.4 Å². The van der Waals surface area contributed by atoms with Crippen LogP contribution >= 0.6 is 0 Å². The smallest absolute Gasteiger partial charge is 0.254 e. The molecule has 1 amide bonds. The van der Waals surface area contributed by atoms with Crippen molar-refractivity contribution in [1.82, 2.24) is 29.5 Å². The number of carbonyl (C=O) groups excluding carboxylic acids is 1. The van der Waals surface area contributed by atoms with Gasteiger partial charge in [0.2, 0.25) is 0 Å². The van der Waals surface area contributed by atoms with Gasteiger partial charge in [0.1, 0.15) is 17.5 Å². The van der Waals surface area contributed by atoms with Gasteiger partial charge in [-0.25, -0.2) is 4.98 Å². The van der Waals surface area contributed by atoms with Crippen LogP contribution in [0, 0.1) is 0 Å². The third kappa shape index (κ3) is 4.27. The number of likely N-dealkylation sites (tertiary alicyclic amines) is 1. The molecular weight excluding hydrogens is 342 g/mol. The number of anilines is 1. The Bertz CT molecular complexity index is 778. The number of nitrogens with one attached hydrogen (secondary N) is 1. The maximum Gasteiger partial charge on any atom is 0.254 e. The Morgan fingerprint density at radius 3 is 2.67 bits per heavy atom. The van der Waals surface area contributed by atoms with Gasteiger partial charge in [0, 0.05) is 44.4 Å². The van der Waals surface area contributed by atoms with Crippen LogP contribution in [0.15, 0.2) is 18.3 Å². The van der Waals surface area contributed by atoms with E-state index >= 15 is 0 Å². The zero-order chi connectivity index (χ0) is 19.4. The first kappa shape index (κ1) is 19.3. The number of piperidine rings is 1. The van der Waals surface area contributed by atoms with E-state index in [0.29, 0.717) is 17.3 Å². The van der Waals surface area contributed by atoms with Gasteiger partial charge in [0.15, 0.2) is 0 Å². The third-order valence-corrected chi connectivity index (χ3v) is 5.04. The molecule has 0 atom stereocenters. The lowest BCUT2D eigenvalue weighted by Crippen LogP contribution is -2.38. The molecule has 1 aliphatic rings. The molecule has 3 heterocycles. The van der Waals surface area contributed by atoms with Gasteiger partial charge < -0.3 is 19.7 Å². The summed E-state index contributed by atoms with van der Waals surface area (Å²) in [7, 11) is 5.88. The minimum atomic E-state index is 0.0672. The molecule has 0 bridgehead atoms. The van der Waals surface area contributed by atoms with Crippen molar-refractivity contribution in [2.45, 2.75) is 38.8 Å². The zero-order valence-electron chi connectivity index (χ0n) is 16.6. The summed E-state index contributed by atoms with van der Waals surface area (Å²) >= 11 is 0. The maximum atomic E-state index is 12.8. The fraction of sp³-hybridized carbons (Fsp3) is 0.579. The van der Waals surface area contributed by atoms with E-state index in [0.717, 1.165) is 50.7 Å². The van der Waals surface area contributed by atoms with Crippen LogP contribution in [0.3, 0.4) is 0 Å². The number of nitrogens with zero attached hydrogens (tertiary/aromatic N) is 6. The molecule has 2 aromatic rings. The van der Waals surface area contributed by atoms with Crippen LogP contribution < -0.4 is 5.32 Å². The molecule has 1 fully saturated rings. The van der Waals surface area contributed by atoms with Crippen LogP contribution in [0.4, 0.5) is 5.82 Å². The molecule has 0 aliphatic carbocycles. The van der Waals surface area contributed by atoms with Gasteiger partial charge in [0.25, 0.3) is 5.91 Å². The molecule has 0 saturated carbocycles. The Kier molecular flexibility index (Phi) is 6.05. The number of aromatic nitrogens is 4. The van der Waals surface area contributed by atoms with E-state index in [1.165, 1.54) is 0 Å². The Labute approximate surface area is 160 Å². The number of hydrogen-bond acceptors (Lipinski definition) is 6. The van der Waals surface area contributed by atoms with Gasteiger partial charge >= 0.3 is 0 Å². The Balaban J connectivity index is 1.66. The quantitative estimate of drug-likeness (QED) is 0.834. The van der Waals surface area contributed by atoms with Gasteiger partial charge in [-0.15, -0.1) is 10.2 Å². The summed E-state index contributed by atoms with van der Waals surface area (Å²) in [5, 5.41) is 11.9. The standard InChI is InChI=1S/C19H29N7O/c1-5-26-17(13-24(3)4)22-23-18(26)14-7-10-25(11-8-14)19(27)15-6-9-21-16(12-15)20-2/h6,9,12,14H,5,7-8,10-11,13H2,1-4H3,(H,20,21). The summed E-state index contributed by atoms with van der Waals surface area (Å²) in [6.45, 7) is 5.26. The summed E-state index contributed by atoms with van der Waals surface area (Å²) in [6, 6.07) is 3.58. The molecule has 146 valence electrons. The van der Waals surface area contributed by atoms with Crippen molar-refractivity contribution in [3.05, 3.63) is 35.5 Å². The predicted molar refractivity (Wildman–Crippen MR) is 105 cm³/mol. The van der Waals surface area contributed by atoms with Crippen LogP contribution in [0.1, 0.15) is 47.7 Å². The largest absolute Gasteiger partial charge is 0.373 e. The molecule has 0 spiro atoms. The highest BCUT2D eigenvalue weighted by atomic mass is 16.2. The van der Waals surface area contributed by atoms with Crippen molar-refractivity contribution in [3.63, 3.8) is 0 Å². The minimum Gasteiger partial charge on any atom is -0.373 e. The molecule has 0 unspecified atom stereocenters. The monoisotopic (exact) mass is 371 g/mol. The Hall–Kier alpha value is -2.48. The average molecular weight is 371 g/mol. The highest BCUT2D eigenvalue weighted by Crippen LogP contribution is 2.28. The summed E-state index contributed by atoms with van der Waals surface area (Å²) in [6.07, 6.45) is 3.49. The minimum absolute atomic E-state index is 0.0672. The van der Waals surface area contributed by atoms with E-state index in [1.807, 2.05) is 19.0 Å². The first-order valence-electron chi connectivity index (χ1n) is 9.53. The van der Waals surface area contributed by atoms with Gasteiger partial charge in [-0.1, -0.05) is 0 Å². The number of amides is 1. The lowest BCUT2D eigenvalue weighted by Gasteiger charge is -2.32. The van der Waals surface area contributed by atoms with E-state index in [2.05, 4.69) is 36.9 Å². The van der Waals surface area contributed by atoms with E-state index in [9.17, 15) is 4.79 Å². The second-order valence-electron chi connectivity index (χ2n) is 7.20. The fourth-order valence-electron chi connectivity index (χ4n) is 3.62. The zero-order valence-corrected chi connectivity index (χ0v) is 16.6. The normalized spacial score (nSPS) is 15.4. The molecule has 27 heavy (non-hydrogen) atoms. The molecule has 8 heteroatoms. The Morgan fingerprint density at radius 2 is 2.04 bits per heavy atom. The second kappa shape index (κ2) is 8.47. The van der Waals surface area contributed by atoms with Crippen molar-refractivity contribution in [2.24, 2.45) is 0 Å². The molecule has 8 nitrogen and oxygen atoms in total. The van der Waals surface area contributed by atoms with Crippen LogP contribution in [0.25, 0.3) is 0 Å². The summed E-state index contributed by atoms with van der Waals surface area (Å²) in [4.78, 5) is 21.0. The van der Waals surface area contributed by atoms with Crippen LogP contribution in [-0.4, -0.2) is 69.7 Å². The number of rotatable bonds is 6. The van der Waals surface area contributed by atoms with Gasteiger partial charge in [-0.2, -0.15) is 0 Å². The van der Waals surface area contributed by atoms with E-state index in [-0.39, 0.29) is 5.91 Å². The predicted octanol–water partition coefficient (Wildman–Crippen LogP) is 1.82. The summed E-state index contributed by atoms with van der Waals surface area (Å²) < 4.78 is 2.23. The molecule has 1 saturated heterocycles. The Morgan fingerprint density at radius 1 is 1.30 bits per heavy atom. The van der Waals surface area contributed by atoms with E-state index < -0.39 is 0 Å². The average Bonchev–Trinajstić information content (AvgIpc) is 3.09. The van der Waals surface area contributed by atoms with Crippen molar-refractivity contribution in [2.75, 3.05) is 39.5 Å². The van der Waals surface area contributed by atoms with Crippen molar-refractivity contribution < 1.29 is 4.79 Å². The number of pyridine rings is 1. The number of hydrogen-bond donors (Lipinski definition) is 1. The third-order valence-electron chi connectivity index (χ3n) is 5.04. The molecule has 1 aliphatic heterocycles. The summed E-state index contributed by atoms with van der Waals surface area (Å²) in [5.74, 6) is 3.19. The lowest BCUT2D eigenvalue weighted by atomic mass is 9.95. The lowest BCUT2D eigenvalue weighted by molar-refractivity contribution is 0.0710. The topological polar surface area (TPSA) is 79.2 Å². The van der Waals surface area contributed by atoms with Crippen LogP contribution in [0.2, 0.25) is 0 Å². The second-order valence-corrected chi connectivity index (χ2v) is 7.20. The molecule has 0 radical (unpaired) electrons. The van der Waals surface area contributed by atoms with E-state index in [4.69, 9.17) is 0 Å². The van der Waals surface area contributed by atoms with Crippen molar-refractivity contribution in [3.8, 4) is 0 Å². The SMILES string of the molecule is CCn1c(CN(C)C)nnc1C1CCN(C(=O)c2ccnc(NC)c2)CC1. The molecule has 2 aromatic heterocycles. The van der Waals surface area contributed by atoms with Gasteiger partial charge in [-0.3, -0.25) is 4.79 Å². The van der Waals surface area contributed by atoms with Gasteiger partial charge in [-0.05, 0) is 46.0 Å². The number of carbonyl (C=O) groups is 1. The maximum absolute atomic E-state index is 12.8. The van der Waals surface area contributed by atoms with Crippen LogP contribution in [0.5, 0.6) is 0 Å².